The molecule has 0 saturated heterocycles. The molecule has 0 saturated carbocycles. The normalized spacial score (nSPS) is 10.8. The van der Waals surface area contributed by atoms with E-state index in [1.165, 1.54) is 0 Å². The summed E-state index contributed by atoms with van der Waals surface area (Å²) in [6.07, 6.45) is 0. The molecule has 4 aromatic rings. The first kappa shape index (κ1) is 25.4. The van der Waals surface area contributed by atoms with Crippen LogP contribution >= 0.6 is 51.3 Å². The van der Waals surface area contributed by atoms with E-state index < -0.39 is 0 Å². The third-order valence-electron chi connectivity index (χ3n) is 5.18. The van der Waals surface area contributed by atoms with Gasteiger partial charge in [-0.15, -0.1) is 0 Å². The van der Waals surface area contributed by atoms with Gasteiger partial charge in [-0.1, -0.05) is 57.3 Å². The van der Waals surface area contributed by atoms with Crippen LogP contribution in [0.4, 0.5) is 0 Å². The smallest absolute Gasteiger partial charge is 0.214 e. The predicted molar refractivity (Wildman–Crippen MR) is 144 cm³/mol. The minimum absolute atomic E-state index is 0.267. The number of aromatic nitrogens is 3. The Kier molecular flexibility index (Phi) is 8.22. The zero-order valence-corrected chi connectivity index (χ0v) is 22.7. The summed E-state index contributed by atoms with van der Waals surface area (Å²) in [6.45, 7) is 0.694. The van der Waals surface area contributed by atoms with Gasteiger partial charge in [0.1, 0.15) is 12.4 Å². The van der Waals surface area contributed by atoms with Crippen LogP contribution in [0.5, 0.6) is 17.2 Å². The van der Waals surface area contributed by atoms with Crippen molar-refractivity contribution in [3.05, 3.63) is 85.0 Å². The van der Waals surface area contributed by atoms with E-state index in [0.29, 0.717) is 44.4 Å². The number of halogens is 3. The van der Waals surface area contributed by atoms with Crippen molar-refractivity contribution < 1.29 is 14.2 Å². The highest BCUT2D eigenvalue weighted by Gasteiger charge is 2.15. The van der Waals surface area contributed by atoms with Gasteiger partial charge in [-0.05, 0) is 54.2 Å². The molecule has 0 aliphatic rings. The largest absolute Gasteiger partial charge is 0.496 e. The maximum atomic E-state index is 6.27. The standard InChI is InChI=1S/C24H21BrCl2N4O3S/c1-32-20-6-4-3-5-17(20)23-29-30-24(35)31(23)28-12-15-9-21(33-2)22(11-18(15)25)34-13-14-7-8-16(26)10-19(14)27/h3-11,28H,12-13H2,1-2H3,(H,30,35). The van der Waals surface area contributed by atoms with Crippen LogP contribution in [0, 0.1) is 4.77 Å². The molecule has 0 aliphatic carbocycles. The summed E-state index contributed by atoms with van der Waals surface area (Å²) in [5, 5.41) is 8.32. The Hall–Kier alpha value is -2.72. The topological polar surface area (TPSA) is 73.3 Å². The Morgan fingerprint density at radius 3 is 2.51 bits per heavy atom. The Morgan fingerprint density at radius 2 is 1.77 bits per heavy atom. The molecule has 0 atom stereocenters. The number of methoxy groups -OCH3 is 2. The van der Waals surface area contributed by atoms with E-state index >= 15 is 0 Å². The van der Waals surface area contributed by atoms with Crippen LogP contribution in [0.25, 0.3) is 11.4 Å². The Morgan fingerprint density at radius 1 is 1.00 bits per heavy atom. The highest BCUT2D eigenvalue weighted by molar-refractivity contribution is 9.10. The van der Waals surface area contributed by atoms with E-state index in [2.05, 4.69) is 31.6 Å². The highest BCUT2D eigenvalue weighted by Crippen LogP contribution is 2.35. The number of benzene rings is 3. The van der Waals surface area contributed by atoms with Crippen molar-refractivity contribution in [2.75, 3.05) is 19.6 Å². The van der Waals surface area contributed by atoms with Gasteiger partial charge in [-0.2, -0.15) is 5.10 Å². The number of aromatic amines is 1. The van der Waals surface area contributed by atoms with Gasteiger partial charge in [-0.25, -0.2) is 9.77 Å². The fourth-order valence-electron chi connectivity index (χ4n) is 3.40. The minimum atomic E-state index is 0.267. The lowest BCUT2D eigenvalue weighted by molar-refractivity contribution is 0.284. The van der Waals surface area contributed by atoms with Crippen molar-refractivity contribution in [2.24, 2.45) is 0 Å². The third kappa shape index (κ3) is 5.75. The molecule has 0 bridgehead atoms. The van der Waals surface area contributed by atoms with Crippen LogP contribution in [0.2, 0.25) is 10.0 Å². The first-order valence-electron chi connectivity index (χ1n) is 10.4. The maximum absolute atomic E-state index is 6.27. The first-order valence-corrected chi connectivity index (χ1v) is 12.3. The van der Waals surface area contributed by atoms with E-state index in [0.717, 1.165) is 21.2 Å². The average Bonchev–Trinajstić information content (AvgIpc) is 3.22. The summed E-state index contributed by atoms with van der Waals surface area (Å²) >= 11 is 21.3. The molecule has 0 amide bonds. The average molecular weight is 596 g/mol. The second-order valence-corrected chi connectivity index (χ2v) is 9.43. The first-order chi connectivity index (χ1) is 16.9. The van der Waals surface area contributed by atoms with Gasteiger partial charge >= 0.3 is 0 Å². The van der Waals surface area contributed by atoms with Gasteiger partial charge in [0, 0.05) is 20.1 Å². The number of H-pyrrole nitrogens is 1. The van der Waals surface area contributed by atoms with Gasteiger partial charge in [0.2, 0.25) is 4.77 Å². The van der Waals surface area contributed by atoms with Crippen molar-refractivity contribution in [1.29, 1.82) is 0 Å². The van der Waals surface area contributed by atoms with Crippen LogP contribution in [0.1, 0.15) is 11.1 Å². The lowest BCUT2D eigenvalue weighted by Crippen LogP contribution is -2.16. The number of ether oxygens (including phenoxy) is 3. The molecular weight excluding hydrogens is 575 g/mol. The SMILES string of the molecule is COc1cc(CNn2c(-c3ccccc3OC)n[nH]c2=S)c(Br)cc1OCc1ccc(Cl)cc1Cl. The van der Waals surface area contributed by atoms with Crippen molar-refractivity contribution in [2.45, 2.75) is 13.2 Å². The monoisotopic (exact) mass is 594 g/mol. The summed E-state index contributed by atoms with van der Waals surface area (Å²) < 4.78 is 20.0. The van der Waals surface area contributed by atoms with Crippen molar-refractivity contribution in [3.8, 4) is 28.6 Å². The van der Waals surface area contributed by atoms with Gasteiger partial charge < -0.3 is 19.6 Å². The fourth-order valence-corrected chi connectivity index (χ4v) is 4.52. The van der Waals surface area contributed by atoms with Crippen LogP contribution in [-0.2, 0) is 13.2 Å². The van der Waals surface area contributed by atoms with Crippen LogP contribution in [0.3, 0.4) is 0 Å². The quantitative estimate of drug-likeness (QED) is 0.203. The number of nitrogens with zero attached hydrogens (tertiary/aromatic N) is 2. The number of rotatable bonds is 9. The lowest BCUT2D eigenvalue weighted by atomic mass is 10.2. The number of hydrogen-bond acceptors (Lipinski definition) is 6. The molecule has 11 heteroatoms. The Balaban J connectivity index is 1.54. The molecular formula is C24H21BrCl2N4O3S. The summed E-state index contributed by atoms with van der Waals surface area (Å²) in [5.41, 5.74) is 5.86. The zero-order chi connectivity index (χ0) is 24.9. The molecule has 0 fully saturated rings. The molecule has 2 N–H and O–H groups in total. The maximum Gasteiger partial charge on any atom is 0.214 e. The van der Waals surface area contributed by atoms with E-state index in [1.54, 1.807) is 31.0 Å². The third-order valence-corrected chi connectivity index (χ3v) is 6.78. The minimum Gasteiger partial charge on any atom is -0.496 e. The summed E-state index contributed by atoms with van der Waals surface area (Å²) in [7, 11) is 3.21. The van der Waals surface area contributed by atoms with E-state index in [9.17, 15) is 0 Å². The summed E-state index contributed by atoms with van der Waals surface area (Å²) in [5.74, 6) is 2.45. The lowest BCUT2D eigenvalue weighted by Gasteiger charge is -2.16. The second-order valence-electron chi connectivity index (χ2n) is 7.34. The van der Waals surface area contributed by atoms with Crippen molar-refractivity contribution in [3.63, 3.8) is 0 Å². The fraction of sp³-hybridized carbons (Fsp3) is 0.167. The molecule has 1 heterocycles. The molecule has 7 nitrogen and oxygen atoms in total. The molecule has 35 heavy (non-hydrogen) atoms. The molecule has 182 valence electrons. The van der Waals surface area contributed by atoms with E-state index in [4.69, 9.17) is 49.6 Å². The summed E-state index contributed by atoms with van der Waals surface area (Å²) in [6, 6.07) is 16.6. The van der Waals surface area contributed by atoms with Crippen LogP contribution in [0.15, 0.2) is 59.1 Å². The molecule has 4 rings (SSSR count). The summed E-state index contributed by atoms with van der Waals surface area (Å²) in [4.78, 5) is 0. The number of nitrogens with one attached hydrogen (secondary N) is 2. The molecule has 0 spiro atoms. The molecule has 3 aromatic carbocycles. The molecule has 0 aliphatic heterocycles. The van der Waals surface area contributed by atoms with E-state index in [1.807, 2.05) is 42.5 Å². The van der Waals surface area contributed by atoms with Crippen molar-refractivity contribution >= 4 is 51.3 Å². The molecule has 0 unspecified atom stereocenters. The second kappa shape index (κ2) is 11.3. The van der Waals surface area contributed by atoms with Gasteiger partial charge in [0.15, 0.2) is 17.3 Å². The molecule has 0 radical (unpaired) electrons. The molecule has 1 aromatic heterocycles. The number of para-hydroxylation sites is 1. The van der Waals surface area contributed by atoms with E-state index in [-0.39, 0.29) is 6.61 Å². The van der Waals surface area contributed by atoms with Gasteiger partial charge in [-0.3, -0.25) is 0 Å². The van der Waals surface area contributed by atoms with Crippen LogP contribution < -0.4 is 19.6 Å². The van der Waals surface area contributed by atoms with Crippen molar-refractivity contribution in [1.82, 2.24) is 14.9 Å². The Labute approximate surface area is 226 Å². The van der Waals surface area contributed by atoms with Crippen LogP contribution in [-0.4, -0.2) is 29.1 Å². The highest BCUT2D eigenvalue weighted by atomic mass is 79.9. The van der Waals surface area contributed by atoms with Gasteiger partial charge in [0.05, 0.1) is 26.3 Å². The Bertz CT molecular complexity index is 1410. The zero-order valence-electron chi connectivity index (χ0n) is 18.8. The number of hydrogen-bond donors (Lipinski definition) is 2. The van der Waals surface area contributed by atoms with Gasteiger partial charge in [0.25, 0.3) is 0 Å². The predicted octanol–water partition coefficient (Wildman–Crippen LogP) is 7.02.